The molecule has 0 saturated carbocycles. The number of H-pyrrole nitrogens is 1. The Bertz CT molecular complexity index is 1570. The van der Waals surface area contributed by atoms with Crippen LogP contribution in [0.1, 0.15) is 75.1 Å². The van der Waals surface area contributed by atoms with E-state index in [1.54, 1.807) is 0 Å². The number of amides is 2. The zero-order valence-corrected chi connectivity index (χ0v) is 28.3. The van der Waals surface area contributed by atoms with Crippen molar-refractivity contribution in [3.05, 3.63) is 50.5 Å². The van der Waals surface area contributed by atoms with Crippen molar-refractivity contribution in [2.45, 2.75) is 94.5 Å². The van der Waals surface area contributed by atoms with E-state index in [1.807, 2.05) is 33.8 Å². The summed E-state index contributed by atoms with van der Waals surface area (Å²) in [6.07, 6.45) is 1.91. The molecule has 2 amide bonds. The summed E-state index contributed by atoms with van der Waals surface area (Å²) in [5, 5.41) is 41.2. The van der Waals surface area contributed by atoms with Crippen LogP contribution in [0.2, 0.25) is 0 Å². The van der Waals surface area contributed by atoms with Gasteiger partial charge < -0.3 is 36.3 Å². The van der Waals surface area contributed by atoms with Crippen molar-refractivity contribution in [1.82, 2.24) is 20.9 Å². The van der Waals surface area contributed by atoms with E-state index in [0.29, 0.717) is 34.7 Å². The van der Waals surface area contributed by atoms with Gasteiger partial charge in [-0.1, -0.05) is 6.92 Å². The van der Waals surface area contributed by atoms with Gasteiger partial charge in [-0.3, -0.25) is 19.2 Å². The second-order valence-corrected chi connectivity index (χ2v) is 16.0. The summed E-state index contributed by atoms with van der Waals surface area (Å²) in [5.74, 6) is -0.0580. The van der Waals surface area contributed by atoms with Crippen LogP contribution in [0.4, 0.5) is 0 Å². The molecular weight excluding hydrogens is 629 g/mol. The van der Waals surface area contributed by atoms with Crippen LogP contribution in [0.5, 0.6) is 0 Å². The van der Waals surface area contributed by atoms with E-state index in [2.05, 4.69) is 20.9 Å². The van der Waals surface area contributed by atoms with Gasteiger partial charge in [0, 0.05) is 47.8 Å². The predicted molar refractivity (Wildman–Crippen MR) is 180 cm³/mol. The molecule has 0 aromatic carbocycles. The number of aliphatic hydroxyl groups is 1. The molecule has 2 unspecified atom stereocenters. The Hall–Kier alpha value is -3.16. The molecule has 11 nitrogen and oxygen atoms in total. The summed E-state index contributed by atoms with van der Waals surface area (Å²) in [7, 11) is 0. The van der Waals surface area contributed by atoms with Crippen LogP contribution in [-0.2, 0) is 49.1 Å². The van der Waals surface area contributed by atoms with E-state index >= 15 is 0 Å². The second-order valence-electron chi connectivity index (χ2n) is 13.3. The minimum absolute atomic E-state index is 0.00585. The number of carbonyl (C=O) groups is 4. The number of hydrogen-bond donors (Lipinski definition) is 7. The fraction of sp³-hybridized carbons (Fsp3) is 0.576. The SMILES string of the molecule is CC1=C(CCC(=O)O)/C(=C\c2[nH]c([C@H](O)C3NC(=O)[C@H](C)[C@H]3[C@@H]3C[SH+]3)c(C)c2CCC(=O)O)NC1C[C@H]1NC(=O)C([C@H]2C[SH+]2)=C1C. The Balaban J connectivity index is 1.33. The van der Waals surface area contributed by atoms with Crippen molar-refractivity contribution >= 4 is 53.4 Å². The van der Waals surface area contributed by atoms with Crippen molar-refractivity contribution in [2.75, 3.05) is 11.5 Å². The Morgan fingerprint density at radius 2 is 1.61 bits per heavy atom. The first-order valence-electron chi connectivity index (χ1n) is 16.0. The number of aliphatic hydroxyl groups excluding tert-OH is 1. The Kier molecular flexibility index (Phi) is 9.12. The average Bonchev–Trinajstić information content (AvgIpc) is 3.91. The van der Waals surface area contributed by atoms with Crippen molar-refractivity contribution in [3.8, 4) is 0 Å². The van der Waals surface area contributed by atoms with Gasteiger partial charge in [-0.25, -0.2) is 0 Å². The smallest absolute Gasteiger partial charge is 0.303 e. The lowest BCUT2D eigenvalue weighted by Gasteiger charge is -2.23. The summed E-state index contributed by atoms with van der Waals surface area (Å²) < 4.78 is 0. The maximum absolute atomic E-state index is 12.7. The fourth-order valence-electron chi connectivity index (χ4n) is 7.59. The largest absolute Gasteiger partial charge is 0.481 e. The molecule has 46 heavy (non-hydrogen) atoms. The molecule has 7 N–H and O–H groups in total. The van der Waals surface area contributed by atoms with Crippen LogP contribution in [0, 0.1) is 18.8 Å². The van der Waals surface area contributed by atoms with Gasteiger partial charge >= 0.3 is 11.9 Å². The lowest BCUT2D eigenvalue weighted by molar-refractivity contribution is -0.138. The Labute approximate surface area is 276 Å². The van der Waals surface area contributed by atoms with Crippen molar-refractivity contribution in [2.24, 2.45) is 11.8 Å². The van der Waals surface area contributed by atoms with E-state index in [1.165, 1.54) is 23.5 Å². The Morgan fingerprint density at radius 1 is 0.957 bits per heavy atom. The van der Waals surface area contributed by atoms with Gasteiger partial charge in [-0.15, -0.1) is 0 Å². The highest BCUT2D eigenvalue weighted by Gasteiger charge is 2.56. The maximum atomic E-state index is 12.7. The van der Waals surface area contributed by atoms with Crippen molar-refractivity contribution in [1.29, 1.82) is 0 Å². The van der Waals surface area contributed by atoms with Gasteiger partial charge in [0.05, 0.1) is 17.7 Å². The summed E-state index contributed by atoms with van der Waals surface area (Å²) in [6.45, 7) is 7.79. The van der Waals surface area contributed by atoms with E-state index in [-0.39, 0.29) is 55.0 Å². The molecule has 3 saturated heterocycles. The number of carboxylic acid groups (broad SMARTS) is 2. The fourth-order valence-corrected chi connectivity index (χ4v) is 9.43. The Morgan fingerprint density at radius 3 is 2.24 bits per heavy atom. The van der Waals surface area contributed by atoms with Gasteiger partial charge in [0.2, 0.25) is 5.91 Å². The van der Waals surface area contributed by atoms with Crippen LogP contribution in [0.25, 0.3) is 6.08 Å². The van der Waals surface area contributed by atoms with E-state index < -0.39 is 24.1 Å². The van der Waals surface area contributed by atoms with Crippen LogP contribution >= 0.6 is 0 Å². The number of allylic oxidation sites excluding steroid dienone is 1. The topological polar surface area (TPSA) is 181 Å². The molecule has 248 valence electrons. The molecule has 3 fully saturated rings. The third-order valence-electron chi connectivity index (χ3n) is 10.4. The summed E-state index contributed by atoms with van der Waals surface area (Å²) >= 11 is 2.57. The van der Waals surface area contributed by atoms with E-state index in [0.717, 1.165) is 50.6 Å². The van der Waals surface area contributed by atoms with Crippen LogP contribution < -0.4 is 16.0 Å². The third-order valence-corrected chi connectivity index (χ3v) is 12.5. The molecule has 5 aliphatic rings. The van der Waals surface area contributed by atoms with Crippen molar-refractivity contribution in [3.63, 3.8) is 0 Å². The molecule has 5 aliphatic heterocycles. The molecule has 0 aliphatic carbocycles. The highest BCUT2D eigenvalue weighted by Crippen LogP contribution is 2.41. The normalized spacial score (nSPS) is 31.8. The molecule has 1 aromatic heterocycles. The van der Waals surface area contributed by atoms with Gasteiger partial charge in [-0.05, 0) is 97.5 Å². The highest BCUT2D eigenvalue weighted by atomic mass is 32.2. The molecule has 6 heterocycles. The minimum atomic E-state index is -1.00. The van der Waals surface area contributed by atoms with E-state index in [4.69, 9.17) is 0 Å². The maximum Gasteiger partial charge on any atom is 0.303 e. The summed E-state index contributed by atoms with van der Waals surface area (Å²) in [4.78, 5) is 52.0. The lowest BCUT2D eigenvalue weighted by atomic mass is 9.85. The van der Waals surface area contributed by atoms with Gasteiger partial charge in [0.25, 0.3) is 5.91 Å². The second kappa shape index (κ2) is 12.8. The van der Waals surface area contributed by atoms with Crippen molar-refractivity contribution < 1.29 is 34.5 Å². The number of aliphatic carboxylic acids is 2. The zero-order valence-electron chi connectivity index (χ0n) is 26.5. The summed E-state index contributed by atoms with van der Waals surface area (Å²) in [5.41, 5.74) is 7.33. The number of aromatic amines is 1. The molecule has 13 heteroatoms. The number of carbonyl (C=O) groups excluding carboxylic acids is 2. The highest BCUT2D eigenvalue weighted by molar-refractivity contribution is 7.87. The van der Waals surface area contributed by atoms with Gasteiger partial charge in [0.1, 0.15) is 6.10 Å². The number of rotatable bonds is 13. The van der Waals surface area contributed by atoms with Gasteiger partial charge in [0.15, 0.2) is 22.0 Å². The molecule has 0 bridgehead atoms. The quantitative estimate of drug-likeness (QED) is 0.0928. The number of thiol groups is 2. The lowest BCUT2D eigenvalue weighted by Crippen LogP contribution is -2.37. The predicted octanol–water partition coefficient (Wildman–Crippen LogP) is 1.22. The number of aromatic nitrogens is 1. The molecule has 8 atom stereocenters. The first-order valence-corrected chi connectivity index (χ1v) is 18.3. The summed E-state index contributed by atoms with van der Waals surface area (Å²) in [6, 6.07) is -0.703. The first-order chi connectivity index (χ1) is 21.8. The van der Waals surface area contributed by atoms with E-state index in [9.17, 15) is 34.5 Å². The number of hydrogen-bond acceptors (Lipinski definition) is 6. The standard InChI is InChI=1S/C33H42N4O7S2/c1-13-17(5-7-25(38)39)21(34-19(13)9-20-15(3)28(24-12-46-24)33(44)36-20)10-22-18(6-8-26(40)41)14(2)29(35-22)31(42)30-27(23-11-45-23)16(4)32(43)37-30/h10,16,19-20,23-24,27,30-31,34-35,42H,5-9,11-12H2,1-4H3,(H,36,44)(H,37,43)(H,38,39)(H,40,41)/p+2/b21-10+/t16-,19?,20-,23+,24-,27+,30?,31+/m1/s1. The molecule has 0 radical (unpaired) electrons. The first kappa shape index (κ1) is 32.8. The zero-order chi connectivity index (χ0) is 33.0. The number of nitrogens with one attached hydrogen (secondary N) is 4. The van der Waals surface area contributed by atoms with Gasteiger partial charge in [-0.2, -0.15) is 0 Å². The molecule has 6 rings (SSSR count). The number of carboxylic acids is 2. The average molecular weight is 673 g/mol. The molecular formula is C33H44N4O7S2+2. The van der Waals surface area contributed by atoms with Crippen LogP contribution in [0.15, 0.2) is 28.0 Å². The minimum Gasteiger partial charge on any atom is -0.481 e. The van der Waals surface area contributed by atoms with Crippen LogP contribution in [-0.4, -0.2) is 84.2 Å². The molecule has 1 aromatic rings. The molecule has 0 spiro atoms. The third kappa shape index (κ3) is 6.37. The van der Waals surface area contributed by atoms with Crippen LogP contribution in [0.3, 0.4) is 0 Å². The monoisotopic (exact) mass is 672 g/mol.